The fraction of sp³-hybridized carbons (Fsp3) is 0.389. The zero-order chi connectivity index (χ0) is 34.1. The van der Waals surface area contributed by atoms with Crippen molar-refractivity contribution in [2.45, 2.75) is 61.8 Å². The highest BCUT2D eigenvalue weighted by Gasteiger charge is 2.42. The second-order valence-corrected chi connectivity index (χ2v) is 15.7. The van der Waals surface area contributed by atoms with Crippen LogP contribution >= 0.6 is 15.9 Å². The number of halogens is 4. The first kappa shape index (κ1) is 34.5. The molecule has 0 spiro atoms. The number of hydrogen-bond donors (Lipinski definition) is 1. The highest BCUT2D eigenvalue weighted by Crippen LogP contribution is 2.37. The van der Waals surface area contributed by atoms with Gasteiger partial charge in [-0.25, -0.2) is 13.4 Å². The fourth-order valence-corrected chi connectivity index (χ4v) is 8.00. The van der Waals surface area contributed by atoms with Crippen molar-refractivity contribution in [2.75, 3.05) is 32.4 Å². The Balaban J connectivity index is 1.49. The lowest BCUT2D eigenvalue weighted by atomic mass is 9.93. The highest BCUT2D eigenvalue weighted by molar-refractivity contribution is 9.10. The third-order valence-electron chi connectivity index (χ3n) is 9.39. The Kier molecular flexibility index (Phi) is 10.3. The topological polar surface area (TPSA) is 82.6 Å². The number of amides is 1. The third kappa shape index (κ3) is 7.77. The zero-order valence-corrected chi connectivity index (χ0v) is 29.0. The Bertz CT molecular complexity index is 1890. The van der Waals surface area contributed by atoms with Gasteiger partial charge in [-0.15, -0.1) is 0 Å². The Labute approximate surface area is 287 Å². The summed E-state index contributed by atoms with van der Waals surface area (Å²) in [6.07, 6.45) is 1.81. The number of alkyl halides is 3. The number of pyridine rings is 1. The van der Waals surface area contributed by atoms with E-state index in [1.807, 2.05) is 24.3 Å². The molecule has 7 nitrogen and oxygen atoms in total. The van der Waals surface area contributed by atoms with Crippen LogP contribution in [0.25, 0.3) is 22.2 Å². The van der Waals surface area contributed by atoms with Crippen LogP contribution < -0.4 is 5.32 Å². The molecule has 1 amide bonds. The van der Waals surface area contributed by atoms with Gasteiger partial charge >= 0.3 is 6.18 Å². The first-order chi connectivity index (χ1) is 22.9. The largest absolute Gasteiger partial charge is 0.412 e. The van der Waals surface area contributed by atoms with Gasteiger partial charge in [-0.2, -0.15) is 13.2 Å². The molecule has 1 aromatic heterocycles. The zero-order valence-electron chi connectivity index (χ0n) is 26.6. The number of carbonyl (C=O) groups excluding carboxylic acids is 1. The maximum absolute atomic E-state index is 14.5. The molecule has 0 radical (unpaired) electrons. The van der Waals surface area contributed by atoms with Crippen molar-refractivity contribution in [3.8, 4) is 11.3 Å². The summed E-state index contributed by atoms with van der Waals surface area (Å²) in [5.74, 6) is -0.950. The number of aromatic nitrogens is 1. The minimum Gasteiger partial charge on any atom is -0.337 e. The SMILES string of the molecule is CS(=O)(=O)c1ccc2nc(-c3cccc(Br)c3)c(CN3CCC(N4CCCCC4)CC3)c(C(=O)NC(c3ccccc3)C(F)(F)F)c2c1. The van der Waals surface area contributed by atoms with Crippen molar-refractivity contribution in [1.82, 2.24) is 20.1 Å². The summed E-state index contributed by atoms with van der Waals surface area (Å²) in [5, 5.41) is 2.46. The normalized spacial score (nSPS) is 17.8. The number of benzene rings is 3. The summed E-state index contributed by atoms with van der Waals surface area (Å²) in [7, 11) is -3.71. The summed E-state index contributed by atoms with van der Waals surface area (Å²) < 4.78 is 69.7. The van der Waals surface area contributed by atoms with Gasteiger partial charge in [0, 0.05) is 39.8 Å². The molecule has 0 saturated carbocycles. The number of rotatable bonds is 8. The number of hydrogen-bond acceptors (Lipinski definition) is 6. The monoisotopic (exact) mass is 742 g/mol. The number of fused-ring (bicyclic) bond motifs is 1. The van der Waals surface area contributed by atoms with Crippen LogP contribution in [-0.4, -0.2) is 73.8 Å². The van der Waals surface area contributed by atoms with Crippen molar-refractivity contribution >= 4 is 42.6 Å². The highest BCUT2D eigenvalue weighted by atomic mass is 79.9. The van der Waals surface area contributed by atoms with E-state index < -0.39 is 28.0 Å². The summed E-state index contributed by atoms with van der Waals surface area (Å²) >= 11 is 3.52. The molecule has 1 atom stereocenters. The first-order valence-corrected chi connectivity index (χ1v) is 18.9. The van der Waals surface area contributed by atoms with E-state index in [1.54, 1.807) is 6.07 Å². The van der Waals surface area contributed by atoms with Gasteiger partial charge < -0.3 is 10.2 Å². The van der Waals surface area contributed by atoms with Crippen LogP contribution in [0, 0.1) is 0 Å². The van der Waals surface area contributed by atoms with Crippen LogP contribution in [0.1, 0.15) is 59.6 Å². The number of sulfone groups is 1. The summed E-state index contributed by atoms with van der Waals surface area (Å²) in [6, 6.07) is 17.1. The van der Waals surface area contributed by atoms with Crippen LogP contribution in [0.2, 0.25) is 0 Å². The predicted molar refractivity (Wildman–Crippen MR) is 184 cm³/mol. The van der Waals surface area contributed by atoms with Gasteiger partial charge in [-0.3, -0.25) is 9.69 Å². The van der Waals surface area contributed by atoms with Crippen LogP contribution in [0.4, 0.5) is 13.2 Å². The molecule has 2 aliphatic heterocycles. The molecular weight excluding hydrogens is 705 g/mol. The molecule has 1 N–H and O–H groups in total. The van der Waals surface area contributed by atoms with Crippen LogP contribution in [0.5, 0.6) is 0 Å². The molecule has 1 unspecified atom stereocenters. The quantitative estimate of drug-likeness (QED) is 0.201. The standard InChI is InChI=1S/C36H38BrF3N4O3S/c1-48(46,47)28-13-14-31-29(22-28)32(35(45)42-34(36(38,39)40)24-9-4-2-5-10-24)30(33(41-31)25-11-8-12-26(37)21-25)23-43-19-15-27(16-20-43)44-17-6-3-7-18-44/h2,4-5,8-14,21-22,27,34H,3,6-7,15-20,23H2,1H3,(H,42,45). The van der Waals surface area contributed by atoms with E-state index >= 15 is 0 Å². The van der Waals surface area contributed by atoms with Crippen molar-refractivity contribution in [1.29, 1.82) is 0 Å². The Hall–Kier alpha value is -3.32. The number of likely N-dealkylation sites (tertiary alicyclic amines) is 2. The third-order valence-corrected chi connectivity index (χ3v) is 11.0. The Morgan fingerprint density at radius 2 is 1.67 bits per heavy atom. The molecule has 6 rings (SSSR count). The molecule has 2 fully saturated rings. The molecule has 254 valence electrons. The number of carbonyl (C=O) groups is 1. The van der Waals surface area contributed by atoms with E-state index in [9.17, 15) is 26.4 Å². The molecule has 0 aliphatic carbocycles. The minimum atomic E-state index is -4.79. The van der Waals surface area contributed by atoms with E-state index in [2.05, 4.69) is 31.0 Å². The van der Waals surface area contributed by atoms with Crippen molar-refractivity contribution in [2.24, 2.45) is 0 Å². The first-order valence-electron chi connectivity index (χ1n) is 16.2. The Morgan fingerprint density at radius 1 is 0.958 bits per heavy atom. The molecule has 3 aromatic carbocycles. The van der Waals surface area contributed by atoms with Gasteiger partial charge in [0.1, 0.15) is 0 Å². The average molecular weight is 744 g/mol. The van der Waals surface area contributed by atoms with E-state index in [1.165, 1.54) is 61.7 Å². The summed E-state index contributed by atoms with van der Waals surface area (Å²) in [6.45, 7) is 3.95. The average Bonchev–Trinajstić information content (AvgIpc) is 3.06. The van der Waals surface area contributed by atoms with E-state index in [0.717, 1.165) is 49.7 Å². The lowest BCUT2D eigenvalue weighted by Crippen LogP contribution is -2.46. The van der Waals surface area contributed by atoms with Gasteiger partial charge in [0.2, 0.25) is 0 Å². The molecule has 48 heavy (non-hydrogen) atoms. The second kappa shape index (κ2) is 14.3. The number of nitrogens with zero attached hydrogens (tertiary/aromatic N) is 3. The smallest absolute Gasteiger partial charge is 0.337 e. The van der Waals surface area contributed by atoms with Crippen LogP contribution in [-0.2, 0) is 16.4 Å². The van der Waals surface area contributed by atoms with Crippen molar-refractivity contribution in [3.05, 3.63) is 94.0 Å². The molecular formula is C36H38BrF3N4O3S. The van der Waals surface area contributed by atoms with E-state index in [4.69, 9.17) is 4.98 Å². The lowest BCUT2D eigenvalue weighted by Gasteiger charge is -2.40. The van der Waals surface area contributed by atoms with Crippen LogP contribution in [0.3, 0.4) is 0 Å². The van der Waals surface area contributed by atoms with E-state index in [-0.39, 0.29) is 28.0 Å². The van der Waals surface area contributed by atoms with Crippen molar-refractivity contribution < 1.29 is 26.4 Å². The van der Waals surface area contributed by atoms with Gasteiger partial charge in [-0.05, 0) is 87.8 Å². The molecule has 0 bridgehead atoms. The molecule has 3 heterocycles. The number of nitrogens with one attached hydrogen (secondary N) is 1. The summed E-state index contributed by atoms with van der Waals surface area (Å²) in [5.41, 5.74) is 1.78. The van der Waals surface area contributed by atoms with Crippen LogP contribution in [0.15, 0.2) is 82.2 Å². The van der Waals surface area contributed by atoms with Gasteiger partial charge in [0.15, 0.2) is 15.9 Å². The van der Waals surface area contributed by atoms with Crippen molar-refractivity contribution in [3.63, 3.8) is 0 Å². The lowest BCUT2D eigenvalue weighted by molar-refractivity contribution is -0.155. The molecule has 2 aliphatic rings. The predicted octanol–water partition coefficient (Wildman–Crippen LogP) is 7.55. The maximum Gasteiger partial charge on any atom is 0.412 e. The Morgan fingerprint density at radius 3 is 2.31 bits per heavy atom. The maximum atomic E-state index is 14.5. The summed E-state index contributed by atoms with van der Waals surface area (Å²) in [4.78, 5) is 24.1. The van der Waals surface area contributed by atoms with Gasteiger partial charge in [0.25, 0.3) is 5.91 Å². The fourth-order valence-electron chi connectivity index (χ4n) is 6.95. The second-order valence-electron chi connectivity index (χ2n) is 12.7. The molecule has 2 saturated heterocycles. The number of piperidine rings is 2. The minimum absolute atomic E-state index is 0.0104. The molecule has 4 aromatic rings. The van der Waals surface area contributed by atoms with Gasteiger partial charge in [0.05, 0.1) is 21.7 Å². The van der Waals surface area contributed by atoms with E-state index in [0.29, 0.717) is 28.4 Å². The van der Waals surface area contributed by atoms with Gasteiger partial charge in [-0.1, -0.05) is 64.8 Å². The molecule has 12 heteroatoms.